The second-order valence-corrected chi connectivity index (χ2v) is 14.8. The maximum absolute atomic E-state index is 6.72. The van der Waals surface area contributed by atoms with Crippen molar-refractivity contribution in [2.24, 2.45) is 0 Å². The Morgan fingerprint density at radius 3 is 1.36 bits per heavy atom. The second kappa shape index (κ2) is 14.5. The monoisotopic (exact) mass is 753 g/mol. The third-order valence-corrected chi connectivity index (χ3v) is 11.2. The molecule has 9 aromatic carbocycles. The van der Waals surface area contributed by atoms with E-state index in [1.54, 1.807) is 0 Å². The Hall–Kier alpha value is -7.95. The summed E-state index contributed by atoms with van der Waals surface area (Å²) >= 11 is 0. The summed E-state index contributed by atoms with van der Waals surface area (Å²) in [4.78, 5) is 15.6. The van der Waals surface area contributed by atoms with E-state index in [1.165, 1.54) is 22.3 Å². The molecular weight excluding hydrogens is 719 g/mol. The lowest BCUT2D eigenvalue weighted by molar-refractivity contribution is 0.670. The molecule has 276 valence electrons. The van der Waals surface area contributed by atoms with Gasteiger partial charge in [-0.25, -0.2) is 15.0 Å². The Balaban J connectivity index is 1.05. The minimum atomic E-state index is 0.586. The van der Waals surface area contributed by atoms with E-state index in [0.29, 0.717) is 17.5 Å². The molecule has 59 heavy (non-hydrogen) atoms. The number of hydrogen-bond donors (Lipinski definition) is 0. The molecule has 4 heteroatoms. The lowest BCUT2D eigenvalue weighted by Crippen LogP contribution is -2.00. The van der Waals surface area contributed by atoms with Gasteiger partial charge in [0.15, 0.2) is 17.5 Å². The Kier molecular flexibility index (Phi) is 8.45. The van der Waals surface area contributed by atoms with Crippen LogP contribution < -0.4 is 0 Å². The molecule has 0 aliphatic heterocycles. The summed E-state index contributed by atoms with van der Waals surface area (Å²) in [5.74, 6) is 1.80. The average Bonchev–Trinajstić information content (AvgIpc) is 3.71. The largest absolute Gasteiger partial charge is 0.455 e. The number of hydrogen-bond acceptors (Lipinski definition) is 4. The van der Waals surface area contributed by atoms with Gasteiger partial charge in [-0.05, 0) is 67.9 Å². The molecule has 0 bridgehead atoms. The van der Waals surface area contributed by atoms with Gasteiger partial charge >= 0.3 is 0 Å². The fourth-order valence-corrected chi connectivity index (χ4v) is 8.13. The molecule has 0 fully saturated rings. The van der Waals surface area contributed by atoms with E-state index in [1.807, 2.05) is 30.3 Å². The number of aromatic nitrogens is 3. The van der Waals surface area contributed by atoms with E-state index >= 15 is 0 Å². The zero-order chi connectivity index (χ0) is 39.1. The first-order chi connectivity index (χ1) is 29.2. The maximum atomic E-state index is 6.72. The minimum absolute atomic E-state index is 0.586. The topological polar surface area (TPSA) is 51.8 Å². The third-order valence-electron chi connectivity index (χ3n) is 11.2. The summed E-state index contributed by atoms with van der Waals surface area (Å²) in [6.45, 7) is 0. The van der Waals surface area contributed by atoms with Crippen LogP contribution in [0.3, 0.4) is 0 Å². The van der Waals surface area contributed by atoms with Gasteiger partial charge in [-0.3, -0.25) is 0 Å². The van der Waals surface area contributed by atoms with Crippen molar-refractivity contribution < 1.29 is 4.42 Å². The highest BCUT2D eigenvalue weighted by Gasteiger charge is 2.20. The Morgan fingerprint density at radius 2 is 0.729 bits per heavy atom. The fraction of sp³-hybridized carbons (Fsp3) is 0. The predicted octanol–water partition coefficient (Wildman–Crippen LogP) is 14.6. The van der Waals surface area contributed by atoms with Gasteiger partial charge in [-0.1, -0.05) is 194 Å². The molecule has 0 spiro atoms. The lowest BCUT2D eigenvalue weighted by atomic mass is 9.98. The number of benzene rings is 9. The first-order valence-electron chi connectivity index (χ1n) is 19.8. The summed E-state index contributed by atoms with van der Waals surface area (Å²) in [7, 11) is 0. The van der Waals surface area contributed by atoms with E-state index in [0.717, 1.165) is 71.7 Å². The molecular formula is C55H35N3O. The van der Waals surface area contributed by atoms with E-state index < -0.39 is 0 Å². The molecule has 0 radical (unpaired) electrons. The van der Waals surface area contributed by atoms with Crippen molar-refractivity contribution in [1.82, 2.24) is 15.0 Å². The van der Waals surface area contributed by atoms with Crippen LogP contribution in [0.5, 0.6) is 0 Å². The van der Waals surface area contributed by atoms with Crippen molar-refractivity contribution in [3.8, 4) is 78.7 Å². The van der Waals surface area contributed by atoms with Crippen LogP contribution in [-0.4, -0.2) is 15.0 Å². The van der Waals surface area contributed by atoms with Crippen molar-refractivity contribution in [3.05, 3.63) is 212 Å². The zero-order valence-electron chi connectivity index (χ0n) is 32.0. The number of rotatable bonds is 7. The van der Waals surface area contributed by atoms with Crippen molar-refractivity contribution in [3.63, 3.8) is 0 Å². The number of nitrogens with zero attached hydrogens (tertiary/aromatic N) is 3. The molecule has 11 aromatic rings. The molecule has 0 saturated heterocycles. The zero-order valence-corrected chi connectivity index (χ0v) is 32.0. The van der Waals surface area contributed by atoms with Gasteiger partial charge in [0.05, 0.1) is 0 Å². The predicted molar refractivity (Wildman–Crippen MR) is 243 cm³/mol. The molecule has 0 atom stereocenters. The summed E-state index contributed by atoms with van der Waals surface area (Å²) in [5.41, 5.74) is 13.5. The SMILES string of the molecule is c1ccc(-c2ccc(-c3nc(-c4ccc5cc(-c6ccccc6)ccc5c4)nc(-c4cccc5oc6c(-c7ccc(-c8ccccc8)cc7)cccc6c45)n3)cc2)cc1. The molecule has 0 N–H and O–H groups in total. The van der Waals surface area contributed by atoms with Crippen molar-refractivity contribution >= 4 is 32.7 Å². The Labute approximate surface area is 341 Å². The summed E-state index contributed by atoms with van der Waals surface area (Å²) in [6, 6.07) is 74.0. The Bertz CT molecular complexity index is 3280. The van der Waals surface area contributed by atoms with E-state index in [-0.39, 0.29) is 0 Å². The average molecular weight is 754 g/mol. The third kappa shape index (κ3) is 6.43. The van der Waals surface area contributed by atoms with Crippen molar-refractivity contribution in [2.75, 3.05) is 0 Å². The van der Waals surface area contributed by atoms with E-state index in [4.69, 9.17) is 19.4 Å². The van der Waals surface area contributed by atoms with Crippen molar-refractivity contribution in [1.29, 1.82) is 0 Å². The van der Waals surface area contributed by atoms with Crippen LogP contribution in [-0.2, 0) is 0 Å². The van der Waals surface area contributed by atoms with Crippen LogP contribution >= 0.6 is 0 Å². The normalized spacial score (nSPS) is 11.4. The molecule has 0 amide bonds. The highest BCUT2D eigenvalue weighted by Crippen LogP contribution is 2.41. The quantitative estimate of drug-likeness (QED) is 0.163. The summed E-state index contributed by atoms with van der Waals surface area (Å²) < 4.78 is 6.72. The second-order valence-electron chi connectivity index (χ2n) is 14.8. The molecule has 0 aliphatic carbocycles. The molecule has 4 nitrogen and oxygen atoms in total. The molecule has 0 saturated carbocycles. The van der Waals surface area contributed by atoms with Crippen LogP contribution in [0.25, 0.3) is 111 Å². The molecule has 2 heterocycles. The van der Waals surface area contributed by atoms with E-state index in [9.17, 15) is 0 Å². The number of fused-ring (bicyclic) bond motifs is 4. The van der Waals surface area contributed by atoms with Gasteiger partial charge < -0.3 is 4.42 Å². The molecule has 11 rings (SSSR count). The van der Waals surface area contributed by atoms with Crippen LogP contribution in [0.1, 0.15) is 0 Å². The highest BCUT2D eigenvalue weighted by molar-refractivity contribution is 6.15. The molecule has 2 aromatic heterocycles. The first kappa shape index (κ1) is 34.3. The fourth-order valence-electron chi connectivity index (χ4n) is 8.13. The van der Waals surface area contributed by atoms with Crippen LogP contribution in [0.4, 0.5) is 0 Å². The Morgan fingerprint density at radius 1 is 0.288 bits per heavy atom. The van der Waals surface area contributed by atoms with Gasteiger partial charge in [0.25, 0.3) is 0 Å². The summed E-state index contributed by atoms with van der Waals surface area (Å²) in [5, 5.41) is 4.25. The lowest BCUT2D eigenvalue weighted by Gasteiger charge is -2.11. The maximum Gasteiger partial charge on any atom is 0.164 e. The number of para-hydroxylation sites is 1. The van der Waals surface area contributed by atoms with Crippen LogP contribution in [0.15, 0.2) is 217 Å². The van der Waals surface area contributed by atoms with Gasteiger partial charge in [-0.2, -0.15) is 0 Å². The minimum Gasteiger partial charge on any atom is -0.455 e. The number of furan rings is 1. The highest BCUT2D eigenvalue weighted by atomic mass is 16.3. The van der Waals surface area contributed by atoms with Gasteiger partial charge in [0, 0.05) is 33.0 Å². The molecule has 0 aliphatic rings. The van der Waals surface area contributed by atoms with Gasteiger partial charge in [-0.15, -0.1) is 0 Å². The van der Waals surface area contributed by atoms with Crippen molar-refractivity contribution in [2.45, 2.75) is 0 Å². The summed E-state index contributed by atoms with van der Waals surface area (Å²) in [6.07, 6.45) is 0. The van der Waals surface area contributed by atoms with Gasteiger partial charge in [0.1, 0.15) is 11.2 Å². The smallest absolute Gasteiger partial charge is 0.164 e. The van der Waals surface area contributed by atoms with Gasteiger partial charge in [0.2, 0.25) is 0 Å². The van der Waals surface area contributed by atoms with E-state index in [2.05, 4.69) is 182 Å². The molecule has 0 unspecified atom stereocenters. The first-order valence-corrected chi connectivity index (χ1v) is 19.8. The van der Waals surface area contributed by atoms with Crippen LogP contribution in [0.2, 0.25) is 0 Å². The van der Waals surface area contributed by atoms with Crippen LogP contribution in [0, 0.1) is 0 Å². The standard InChI is InChI=1S/C55H35N3O/c1-4-12-36(13-5-1)39-22-26-41(27-23-39)47-18-10-19-48-51-49(20-11-21-50(51)59-52(47)48)55-57-53(42-28-24-40(25-29-42)37-14-6-2-7-15-37)56-54(58-55)46-33-32-44-34-43(30-31-45(44)35-46)38-16-8-3-9-17-38/h1-35H.